The van der Waals surface area contributed by atoms with Crippen LogP contribution in [0.1, 0.15) is 26.6 Å². The van der Waals surface area contributed by atoms with Gasteiger partial charge >= 0.3 is 18.0 Å². The Morgan fingerprint density at radius 2 is 1.70 bits per heavy atom. The first-order valence-corrected chi connectivity index (χ1v) is 6.10. The monoisotopic (exact) mass is 287 g/mol. The van der Waals surface area contributed by atoms with Crippen LogP contribution >= 0.6 is 0 Å². The van der Waals surface area contributed by atoms with Crippen molar-refractivity contribution in [3.8, 4) is 12.0 Å². The van der Waals surface area contributed by atoms with Gasteiger partial charge in [-0.05, 0) is 6.92 Å². The van der Waals surface area contributed by atoms with Gasteiger partial charge in [0.2, 0.25) is 0 Å². The molecule has 8 heteroatoms. The Balaban J connectivity index is 3.37. The molecule has 0 aliphatic rings. The van der Waals surface area contributed by atoms with Crippen molar-refractivity contribution >= 4 is 5.97 Å². The predicted octanol–water partition coefficient (Wildman–Crippen LogP) is 1.27. The third-order valence-electron chi connectivity index (χ3n) is 2.65. The van der Waals surface area contributed by atoms with Gasteiger partial charge in [-0.1, -0.05) is 13.8 Å². The van der Waals surface area contributed by atoms with Crippen molar-refractivity contribution in [1.82, 2.24) is 15.0 Å². The van der Waals surface area contributed by atoms with Gasteiger partial charge in [0.15, 0.2) is 5.82 Å². The van der Waals surface area contributed by atoms with E-state index in [2.05, 4.69) is 15.0 Å². The molecule has 1 rings (SSSR count). The first-order valence-electron chi connectivity index (χ1n) is 6.10. The summed E-state index contributed by atoms with van der Waals surface area (Å²) < 4.78 is 29.6. The highest BCUT2D eigenvalue weighted by Crippen LogP contribution is 2.34. The van der Waals surface area contributed by atoms with Crippen LogP contribution in [0.25, 0.3) is 0 Å². The second-order valence-electron chi connectivity index (χ2n) is 4.22. The third-order valence-corrected chi connectivity index (χ3v) is 2.65. The lowest BCUT2D eigenvalue weighted by Crippen LogP contribution is -2.40. The van der Waals surface area contributed by atoms with Crippen LogP contribution in [0.15, 0.2) is 0 Å². The van der Waals surface area contributed by atoms with Crippen LogP contribution < -0.4 is 9.47 Å². The minimum absolute atomic E-state index is 0.0522. The normalized spacial score (nSPS) is 13.8. The Morgan fingerprint density at radius 1 is 1.20 bits per heavy atom. The lowest BCUT2D eigenvalue weighted by atomic mass is 9.91. The van der Waals surface area contributed by atoms with Crippen LogP contribution in [0.5, 0.6) is 12.0 Å². The summed E-state index contributed by atoms with van der Waals surface area (Å²) in [4.78, 5) is 23.3. The van der Waals surface area contributed by atoms with Gasteiger partial charge in [0, 0.05) is 5.92 Å². The number of rotatable bonds is 6. The zero-order valence-corrected chi connectivity index (χ0v) is 12.1. The summed E-state index contributed by atoms with van der Waals surface area (Å²) in [5, 5.41) is 0. The minimum atomic E-state index is -2.50. The predicted molar refractivity (Wildman–Crippen MR) is 67.2 cm³/mol. The van der Waals surface area contributed by atoms with Gasteiger partial charge in [0.1, 0.15) is 0 Å². The van der Waals surface area contributed by atoms with E-state index in [9.17, 15) is 4.79 Å². The summed E-state index contributed by atoms with van der Waals surface area (Å²) in [7, 11) is 2.64. The number of nitrogens with zero attached hydrogens (tertiary/aromatic N) is 3. The van der Waals surface area contributed by atoms with Crippen molar-refractivity contribution in [2.75, 3.05) is 20.8 Å². The summed E-state index contributed by atoms with van der Waals surface area (Å²) in [5.41, 5.74) is -2.50. The number of hydrogen-bond acceptors (Lipinski definition) is 7. The quantitative estimate of drug-likeness (QED) is 0.728. The molecule has 1 atom stereocenters. The number of halogens is 1. The lowest BCUT2D eigenvalue weighted by molar-refractivity contribution is -0.162. The van der Waals surface area contributed by atoms with Crippen LogP contribution in [-0.2, 0) is 15.2 Å². The molecule has 7 nitrogen and oxygen atoms in total. The number of alkyl halides is 1. The fourth-order valence-electron chi connectivity index (χ4n) is 1.50. The van der Waals surface area contributed by atoms with Crippen LogP contribution in [0, 0.1) is 5.92 Å². The number of esters is 1. The molecular formula is C12H18FN3O4. The summed E-state index contributed by atoms with van der Waals surface area (Å²) in [6.45, 7) is 4.70. The van der Waals surface area contributed by atoms with E-state index in [0.717, 1.165) is 0 Å². The van der Waals surface area contributed by atoms with Crippen LogP contribution in [-0.4, -0.2) is 41.7 Å². The molecule has 0 bridgehead atoms. The Bertz CT molecular complexity index is 462. The highest BCUT2D eigenvalue weighted by atomic mass is 19.1. The average Bonchev–Trinajstić information content (AvgIpc) is 2.45. The number of carbonyl (C=O) groups excluding carboxylic acids is 1. The smallest absolute Gasteiger partial charge is 0.352 e. The minimum Gasteiger partial charge on any atom is -0.467 e. The number of aromatic nitrogens is 3. The van der Waals surface area contributed by atoms with Crippen molar-refractivity contribution in [2.24, 2.45) is 5.92 Å². The molecule has 0 aliphatic heterocycles. The van der Waals surface area contributed by atoms with Crippen molar-refractivity contribution in [3.63, 3.8) is 0 Å². The van der Waals surface area contributed by atoms with Crippen molar-refractivity contribution in [3.05, 3.63) is 5.82 Å². The molecule has 0 saturated carbocycles. The molecule has 0 aliphatic carbocycles. The molecule has 0 spiro atoms. The van der Waals surface area contributed by atoms with Crippen LogP contribution in [0.2, 0.25) is 0 Å². The summed E-state index contributed by atoms with van der Waals surface area (Å²) >= 11 is 0. The molecule has 20 heavy (non-hydrogen) atoms. The Morgan fingerprint density at radius 3 is 2.05 bits per heavy atom. The summed E-state index contributed by atoms with van der Waals surface area (Å²) in [6, 6.07) is -0.280. The maximum atomic E-state index is 15.1. The van der Waals surface area contributed by atoms with Crippen LogP contribution in [0.3, 0.4) is 0 Å². The van der Waals surface area contributed by atoms with Crippen molar-refractivity contribution in [1.29, 1.82) is 0 Å². The molecule has 1 aromatic heterocycles. The Kier molecular flexibility index (Phi) is 5.18. The molecule has 112 valence electrons. The zero-order chi connectivity index (χ0) is 15.3. The van der Waals surface area contributed by atoms with E-state index >= 15 is 4.39 Å². The SMILES string of the molecule is CCOC(=O)C(F)(c1nc(OC)nc(OC)n1)C(C)C. The molecule has 1 heterocycles. The second kappa shape index (κ2) is 6.44. The highest BCUT2D eigenvalue weighted by molar-refractivity contribution is 5.80. The van der Waals surface area contributed by atoms with Gasteiger partial charge in [0.25, 0.3) is 5.67 Å². The Labute approximate surface area is 116 Å². The number of methoxy groups -OCH3 is 2. The fourth-order valence-corrected chi connectivity index (χ4v) is 1.50. The number of hydrogen-bond donors (Lipinski definition) is 0. The van der Waals surface area contributed by atoms with E-state index < -0.39 is 23.4 Å². The molecule has 0 amide bonds. The van der Waals surface area contributed by atoms with Crippen molar-refractivity contribution in [2.45, 2.75) is 26.4 Å². The summed E-state index contributed by atoms with van der Waals surface area (Å²) in [6.07, 6.45) is 0. The van der Waals surface area contributed by atoms with E-state index in [1.807, 2.05) is 0 Å². The highest BCUT2D eigenvalue weighted by Gasteiger charge is 2.49. The average molecular weight is 287 g/mol. The topological polar surface area (TPSA) is 83.4 Å². The van der Waals surface area contributed by atoms with E-state index in [-0.39, 0.29) is 18.6 Å². The first-order chi connectivity index (χ1) is 9.39. The first kappa shape index (κ1) is 16.1. The molecular weight excluding hydrogens is 269 g/mol. The number of carbonyl (C=O) groups is 1. The van der Waals surface area contributed by atoms with E-state index in [0.29, 0.717) is 0 Å². The van der Waals surface area contributed by atoms with Gasteiger partial charge in [-0.3, -0.25) is 0 Å². The number of ether oxygens (including phenoxy) is 3. The molecule has 0 aromatic carbocycles. The Hall–Kier alpha value is -1.99. The van der Waals surface area contributed by atoms with Gasteiger partial charge in [-0.2, -0.15) is 9.97 Å². The molecule has 0 radical (unpaired) electrons. The molecule has 0 N–H and O–H groups in total. The largest absolute Gasteiger partial charge is 0.467 e. The fraction of sp³-hybridized carbons (Fsp3) is 0.667. The lowest BCUT2D eigenvalue weighted by Gasteiger charge is -2.25. The third kappa shape index (κ3) is 2.94. The van der Waals surface area contributed by atoms with E-state index in [1.54, 1.807) is 6.92 Å². The summed E-state index contributed by atoms with van der Waals surface area (Å²) in [5.74, 6) is -2.18. The standard InChI is InChI=1S/C12H18FN3O4/c1-6-20-9(17)12(13,7(2)3)8-14-10(18-4)16-11(15-8)19-5/h7H,6H2,1-5H3. The van der Waals surface area contributed by atoms with Gasteiger partial charge in [0.05, 0.1) is 20.8 Å². The second-order valence-corrected chi connectivity index (χ2v) is 4.22. The van der Waals surface area contributed by atoms with Gasteiger partial charge in [-0.15, -0.1) is 4.98 Å². The molecule has 0 saturated heterocycles. The maximum absolute atomic E-state index is 15.1. The van der Waals surface area contributed by atoms with Gasteiger partial charge < -0.3 is 14.2 Å². The molecule has 1 unspecified atom stereocenters. The van der Waals surface area contributed by atoms with E-state index in [1.165, 1.54) is 28.1 Å². The zero-order valence-electron chi connectivity index (χ0n) is 12.1. The van der Waals surface area contributed by atoms with Crippen molar-refractivity contribution < 1.29 is 23.4 Å². The van der Waals surface area contributed by atoms with E-state index in [4.69, 9.17) is 14.2 Å². The maximum Gasteiger partial charge on any atom is 0.352 e. The van der Waals surface area contributed by atoms with Gasteiger partial charge in [-0.25, -0.2) is 9.18 Å². The van der Waals surface area contributed by atoms with Crippen LogP contribution in [0.4, 0.5) is 4.39 Å². The molecule has 0 fully saturated rings. The molecule has 1 aromatic rings.